The Morgan fingerprint density at radius 1 is 1.42 bits per heavy atom. The summed E-state index contributed by atoms with van der Waals surface area (Å²) in [6, 6.07) is 5.62. The number of carbonyl (C=O) groups is 1. The number of nitrogens with one attached hydrogen (secondary N) is 2. The number of aromatic nitrogens is 1. The first-order valence-electron chi connectivity index (χ1n) is 6.55. The highest BCUT2D eigenvalue weighted by Crippen LogP contribution is 2.24. The molecule has 0 unspecified atom stereocenters. The lowest BCUT2D eigenvalue weighted by Gasteiger charge is -2.06. The van der Waals surface area contributed by atoms with Crippen molar-refractivity contribution in [2.45, 2.75) is 27.2 Å². The van der Waals surface area contributed by atoms with Gasteiger partial charge in [0.1, 0.15) is 5.69 Å². The first-order valence-corrected chi connectivity index (χ1v) is 6.93. The van der Waals surface area contributed by atoms with Crippen LogP contribution in [0.5, 0.6) is 0 Å². The quantitative estimate of drug-likeness (QED) is 0.875. The van der Waals surface area contributed by atoms with Crippen molar-refractivity contribution < 1.29 is 4.79 Å². The molecule has 0 spiro atoms. The standard InChI is InChI=1S/C15H19ClN2O/c1-9(2)6-7-17-15(19)14-10(3)12-5-4-11(16)8-13(12)18-14/h4-5,8-9,18H,6-7H2,1-3H3,(H,17,19). The maximum Gasteiger partial charge on any atom is 0.268 e. The number of hydrogen-bond donors (Lipinski definition) is 2. The van der Waals surface area contributed by atoms with E-state index >= 15 is 0 Å². The van der Waals surface area contributed by atoms with Gasteiger partial charge >= 0.3 is 0 Å². The lowest BCUT2D eigenvalue weighted by molar-refractivity contribution is 0.0947. The molecule has 1 aromatic heterocycles. The predicted molar refractivity (Wildman–Crippen MR) is 79.8 cm³/mol. The molecule has 1 aromatic carbocycles. The Morgan fingerprint density at radius 3 is 2.84 bits per heavy atom. The summed E-state index contributed by atoms with van der Waals surface area (Å²) in [5, 5.41) is 4.65. The van der Waals surface area contributed by atoms with Crippen molar-refractivity contribution in [2.75, 3.05) is 6.54 Å². The third-order valence-corrected chi connectivity index (χ3v) is 3.49. The largest absolute Gasteiger partial charge is 0.351 e. The maximum atomic E-state index is 12.1. The number of amides is 1. The monoisotopic (exact) mass is 278 g/mol. The van der Waals surface area contributed by atoms with Crippen molar-refractivity contribution in [1.29, 1.82) is 0 Å². The topological polar surface area (TPSA) is 44.9 Å². The Labute approximate surface area is 118 Å². The molecule has 3 nitrogen and oxygen atoms in total. The van der Waals surface area contributed by atoms with Crippen molar-refractivity contribution in [3.63, 3.8) is 0 Å². The highest BCUT2D eigenvalue weighted by atomic mass is 35.5. The minimum Gasteiger partial charge on any atom is -0.351 e. The number of hydrogen-bond acceptors (Lipinski definition) is 1. The molecule has 0 aliphatic rings. The van der Waals surface area contributed by atoms with Crippen molar-refractivity contribution >= 4 is 28.4 Å². The fraction of sp³-hybridized carbons (Fsp3) is 0.400. The summed E-state index contributed by atoms with van der Waals surface area (Å²) in [4.78, 5) is 15.3. The van der Waals surface area contributed by atoms with Crippen LogP contribution >= 0.6 is 11.6 Å². The number of carbonyl (C=O) groups excluding carboxylic acids is 1. The summed E-state index contributed by atoms with van der Waals surface area (Å²) in [5.41, 5.74) is 2.49. The fourth-order valence-corrected chi connectivity index (χ4v) is 2.27. The van der Waals surface area contributed by atoms with E-state index in [0.29, 0.717) is 23.2 Å². The number of rotatable bonds is 4. The van der Waals surface area contributed by atoms with E-state index in [2.05, 4.69) is 24.1 Å². The van der Waals surface area contributed by atoms with Gasteiger partial charge in [-0.1, -0.05) is 31.5 Å². The molecule has 0 saturated heterocycles. The molecule has 2 N–H and O–H groups in total. The molecule has 0 atom stereocenters. The maximum absolute atomic E-state index is 12.1. The van der Waals surface area contributed by atoms with Crippen molar-refractivity contribution in [2.24, 2.45) is 5.92 Å². The summed E-state index contributed by atoms with van der Waals surface area (Å²) in [7, 11) is 0. The van der Waals surface area contributed by atoms with Crippen LogP contribution in [0.2, 0.25) is 5.02 Å². The summed E-state index contributed by atoms with van der Waals surface area (Å²) >= 11 is 5.96. The van der Waals surface area contributed by atoms with Crippen LogP contribution < -0.4 is 5.32 Å². The fourth-order valence-electron chi connectivity index (χ4n) is 2.10. The lowest BCUT2D eigenvalue weighted by atomic mass is 10.1. The summed E-state index contributed by atoms with van der Waals surface area (Å²) < 4.78 is 0. The van der Waals surface area contributed by atoms with Gasteiger partial charge in [-0.2, -0.15) is 0 Å². The summed E-state index contributed by atoms with van der Waals surface area (Å²) in [6.07, 6.45) is 0.983. The Bertz CT molecular complexity index is 601. The second-order valence-electron chi connectivity index (χ2n) is 5.25. The predicted octanol–water partition coefficient (Wildman–Crippen LogP) is 3.91. The van der Waals surface area contributed by atoms with Crippen LogP contribution in [-0.2, 0) is 0 Å². The van der Waals surface area contributed by atoms with Gasteiger partial charge in [-0.05, 0) is 37.0 Å². The summed E-state index contributed by atoms with van der Waals surface area (Å²) in [6.45, 7) is 6.93. The van der Waals surface area contributed by atoms with E-state index in [1.54, 1.807) is 0 Å². The molecular weight excluding hydrogens is 260 g/mol. The minimum atomic E-state index is -0.0505. The number of aromatic amines is 1. The normalized spacial score (nSPS) is 11.2. The van der Waals surface area contributed by atoms with E-state index in [1.807, 2.05) is 25.1 Å². The van der Waals surface area contributed by atoms with Crippen molar-refractivity contribution in [3.8, 4) is 0 Å². The highest BCUT2D eigenvalue weighted by Gasteiger charge is 2.14. The average molecular weight is 279 g/mol. The van der Waals surface area contributed by atoms with Gasteiger partial charge in [-0.3, -0.25) is 4.79 Å². The van der Waals surface area contributed by atoms with E-state index < -0.39 is 0 Å². The van der Waals surface area contributed by atoms with E-state index in [1.165, 1.54) is 0 Å². The highest BCUT2D eigenvalue weighted by molar-refractivity contribution is 6.31. The molecule has 19 heavy (non-hydrogen) atoms. The number of fused-ring (bicyclic) bond motifs is 1. The first kappa shape index (κ1) is 13.9. The van der Waals surface area contributed by atoms with Gasteiger partial charge in [-0.15, -0.1) is 0 Å². The van der Waals surface area contributed by atoms with Gasteiger partial charge in [0.05, 0.1) is 0 Å². The third kappa shape index (κ3) is 3.10. The Morgan fingerprint density at radius 2 is 2.16 bits per heavy atom. The second-order valence-corrected chi connectivity index (χ2v) is 5.69. The van der Waals surface area contributed by atoms with Gasteiger partial charge in [0.15, 0.2) is 0 Å². The zero-order chi connectivity index (χ0) is 14.0. The van der Waals surface area contributed by atoms with Gasteiger partial charge in [0.2, 0.25) is 0 Å². The van der Waals surface area contributed by atoms with Gasteiger partial charge in [0.25, 0.3) is 5.91 Å². The van der Waals surface area contributed by atoms with E-state index in [-0.39, 0.29) is 5.91 Å². The summed E-state index contributed by atoms with van der Waals surface area (Å²) in [5.74, 6) is 0.536. The third-order valence-electron chi connectivity index (χ3n) is 3.25. The lowest BCUT2D eigenvalue weighted by Crippen LogP contribution is -2.26. The van der Waals surface area contributed by atoms with E-state index in [9.17, 15) is 4.79 Å². The molecular formula is C15H19ClN2O. The molecule has 2 rings (SSSR count). The molecule has 0 saturated carbocycles. The number of benzene rings is 1. The Kier molecular flexibility index (Phi) is 4.15. The molecule has 0 bridgehead atoms. The zero-order valence-corrected chi connectivity index (χ0v) is 12.3. The SMILES string of the molecule is Cc1c(C(=O)NCCC(C)C)[nH]c2cc(Cl)ccc12. The van der Waals surface area contributed by atoms with Crippen molar-refractivity contribution in [3.05, 3.63) is 34.5 Å². The first-order chi connectivity index (χ1) is 8.99. The van der Waals surface area contributed by atoms with Crippen LogP contribution in [-0.4, -0.2) is 17.4 Å². The Hall–Kier alpha value is -1.48. The van der Waals surface area contributed by atoms with E-state index in [4.69, 9.17) is 11.6 Å². The average Bonchev–Trinajstić information content (AvgIpc) is 2.65. The van der Waals surface area contributed by atoms with E-state index in [0.717, 1.165) is 22.9 Å². The number of H-pyrrole nitrogens is 1. The smallest absolute Gasteiger partial charge is 0.268 e. The molecule has 0 fully saturated rings. The van der Waals surface area contributed by atoms with Crippen LogP contribution in [0.1, 0.15) is 36.3 Å². The van der Waals surface area contributed by atoms with Crippen LogP contribution in [0, 0.1) is 12.8 Å². The van der Waals surface area contributed by atoms with Crippen LogP contribution in [0.3, 0.4) is 0 Å². The minimum absolute atomic E-state index is 0.0505. The number of halogens is 1. The molecule has 1 amide bonds. The van der Waals surface area contributed by atoms with Crippen LogP contribution in [0.25, 0.3) is 10.9 Å². The van der Waals surface area contributed by atoms with Crippen LogP contribution in [0.15, 0.2) is 18.2 Å². The van der Waals surface area contributed by atoms with Gasteiger partial charge in [0, 0.05) is 22.5 Å². The number of aryl methyl sites for hydroxylation is 1. The Balaban J connectivity index is 2.20. The van der Waals surface area contributed by atoms with Gasteiger partial charge < -0.3 is 10.3 Å². The molecule has 0 radical (unpaired) electrons. The second kappa shape index (κ2) is 5.66. The molecule has 0 aliphatic heterocycles. The molecule has 1 heterocycles. The zero-order valence-electron chi connectivity index (χ0n) is 11.5. The molecule has 2 aromatic rings. The van der Waals surface area contributed by atoms with Crippen LogP contribution in [0.4, 0.5) is 0 Å². The van der Waals surface area contributed by atoms with Gasteiger partial charge in [-0.25, -0.2) is 0 Å². The molecule has 0 aliphatic carbocycles. The molecule has 102 valence electrons. The van der Waals surface area contributed by atoms with Crippen molar-refractivity contribution in [1.82, 2.24) is 10.3 Å². The molecule has 4 heteroatoms.